The van der Waals surface area contributed by atoms with E-state index in [4.69, 9.17) is 4.74 Å². The monoisotopic (exact) mass is 228 g/mol. The number of ether oxygens (including phenoxy) is 1. The lowest BCUT2D eigenvalue weighted by Crippen LogP contribution is -1.93. The van der Waals surface area contributed by atoms with Crippen LogP contribution in [0.2, 0.25) is 0 Å². The number of hydrogen-bond acceptors (Lipinski definition) is 1. The molecule has 0 fully saturated rings. The number of aryl methyl sites for hydroxylation is 1. The summed E-state index contributed by atoms with van der Waals surface area (Å²) in [5, 5.41) is 0. The molecule has 0 aromatic heterocycles. The summed E-state index contributed by atoms with van der Waals surface area (Å²) in [6.45, 7) is 4.24. The highest BCUT2D eigenvalue weighted by molar-refractivity contribution is 9.10. The van der Waals surface area contributed by atoms with E-state index >= 15 is 0 Å². The Morgan fingerprint density at radius 1 is 1.42 bits per heavy atom. The maximum absolute atomic E-state index is 5.27. The largest absolute Gasteiger partial charge is 0.496 e. The van der Waals surface area contributed by atoms with E-state index in [-0.39, 0.29) is 0 Å². The van der Waals surface area contributed by atoms with E-state index in [1.807, 2.05) is 6.07 Å². The van der Waals surface area contributed by atoms with Crippen LogP contribution < -0.4 is 4.74 Å². The Hall–Kier alpha value is -0.500. The maximum atomic E-state index is 5.27. The molecule has 0 bridgehead atoms. The fraction of sp³-hybridized carbons (Fsp3) is 0.400. The molecule has 0 atom stereocenters. The van der Waals surface area contributed by atoms with Gasteiger partial charge in [0.25, 0.3) is 0 Å². The third kappa shape index (κ3) is 1.81. The molecule has 12 heavy (non-hydrogen) atoms. The lowest BCUT2D eigenvalue weighted by Gasteiger charge is -2.10. The summed E-state index contributed by atoms with van der Waals surface area (Å²) in [5.74, 6) is 0.976. The van der Waals surface area contributed by atoms with E-state index in [9.17, 15) is 0 Å². The lowest BCUT2D eigenvalue weighted by molar-refractivity contribution is 0.409. The van der Waals surface area contributed by atoms with Gasteiger partial charge in [-0.15, -0.1) is 0 Å². The summed E-state index contributed by atoms with van der Waals surface area (Å²) in [6, 6.07) is 4.12. The van der Waals surface area contributed by atoms with Gasteiger partial charge in [-0.25, -0.2) is 0 Å². The van der Waals surface area contributed by atoms with Gasteiger partial charge < -0.3 is 4.74 Å². The Bertz CT molecular complexity index is 281. The van der Waals surface area contributed by atoms with Crippen molar-refractivity contribution in [3.05, 3.63) is 27.7 Å². The number of halogens is 1. The molecule has 0 N–H and O–H groups in total. The molecule has 0 amide bonds. The first-order chi connectivity index (χ1) is 5.69. The molecule has 0 radical (unpaired) electrons. The zero-order chi connectivity index (χ0) is 9.14. The molecule has 0 heterocycles. The van der Waals surface area contributed by atoms with Gasteiger partial charge in [-0.3, -0.25) is 0 Å². The van der Waals surface area contributed by atoms with Crippen LogP contribution in [0.5, 0.6) is 5.75 Å². The highest BCUT2D eigenvalue weighted by Gasteiger charge is 2.04. The van der Waals surface area contributed by atoms with Crippen molar-refractivity contribution in [1.29, 1.82) is 0 Å². The Balaban J connectivity index is 3.24. The van der Waals surface area contributed by atoms with Crippen LogP contribution in [0.15, 0.2) is 16.6 Å². The first-order valence-corrected chi connectivity index (χ1v) is 4.81. The van der Waals surface area contributed by atoms with Gasteiger partial charge in [0.2, 0.25) is 0 Å². The zero-order valence-corrected chi connectivity index (χ0v) is 9.23. The summed E-state index contributed by atoms with van der Waals surface area (Å²) in [4.78, 5) is 0. The van der Waals surface area contributed by atoms with E-state index < -0.39 is 0 Å². The maximum Gasteiger partial charge on any atom is 0.123 e. The Labute approximate surface area is 81.9 Å². The SMILES string of the molecule is CCc1c(C)cc(Br)cc1OC. The normalized spacial score (nSPS) is 10.0. The lowest BCUT2D eigenvalue weighted by atomic mass is 10.1. The Kier molecular flexibility index (Phi) is 3.15. The minimum atomic E-state index is 0.976. The van der Waals surface area contributed by atoms with E-state index in [2.05, 4.69) is 35.8 Å². The summed E-state index contributed by atoms with van der Waals surface area (Å²) in [5.41, 5.74) is 2.57. The molecular weight excluding hydrogens is 216 g/mol. The van der Waals surface area contributed by atoms with Crippen molar-refractivity contribution in [2.75, 3.05) is 7.11 Å². The van der Waals surface area contributed by atoms with Crippen LogP contribution in [0.1, 0.15) is 18.1 Å². The fourth-order valence-electron chi connectivity index (χ4n) is 1.38. The quantitative estimate of drug-likeness (QED) is 0.755. The second kappa shape index (κ2) is 3.94. The van der Waals surface area contributed by atoms with E-state index in [1.54, 1.807) is 7.11 Å². The molecule has 0 unspecified atom stereocenters. The molecule has 0 saturated carbocycles. The molecular formula is C10H13BrO. The Morgan fingerprint density at radius 3 is 2.58 bits per heavy atom. The van der Waals surface area contributed by atoms with Gasteiger partial charge in [0.1, 0.15) is 5.75 Å². The predicted molar refractivity (Wildman–Crippen MR) is 54.8 cm³/mol. The number of rotatable bonds is 2. The first-order valence-electron chi connectivity index (χ1n) is 4.02. The van der Waals surface area contributed by atoms with Gasteiger partial charge >= 0.3 is 0 Å². The van der Waals surface area contributed by atoms with E-state index in [0.29, 0.717) is 0 Å². The average molecular weight is 229 g/mol. The van der Waals surface area contributed by atoms with Crippen molar-refractivity contribution >= 4 is 15.9 Å². The van der Waals surface area contributed by atoms with Crippen molar-refractivity contribution in [2.24, 2.45) is 0 Å². The summed E-state index contributed by atoms with van der Waals surface area (Å²) >= 11 is 3.44. The first kappa shape index (κ1) is 9.59. The fourth-order valence-corrected chi connectivity index (χ4v) is 1.93. The van der Waals surface area contributed by atoms with Gasteiger partial charge in [-0.1, -0.05) is 22.9 Å². The van der Waals surface area contributed by atoms with Crippen LogP contribution >= 0.6 is 15.9 Å². The molecule has 0 spiro atoms. The van der Waals surface area contributed by atoms with Crippen molar-refractivity contribution in [3.63, 3.8) is 0 Å². The van der Waals surface area contributed by atoms with Crippen molar-refractivity contribution in [2.45, 2.75) is 20.3 Å². The molecule has 0 aliphatic heterocycles. The molecule has 0 saturated heterocycles. The average Bonchev–Trinajstić information content (AvgIpc) is 2.03. The molecule has 0 aliphatic carbocycles. The molecule has 1 nitrogen and oxygen atoms in total. The van der Waals surface area contributed by atoms with Gasteiger partial charge in [-0.05, 0) is 36.6 Å². The summed E-state index contributed by atoms with van der Waals surface area (Å²) in [6.07, 6.45) is 1.02. The third-order valence-corrected chi connectivity index (χ3v) is 2.43. The van der Waals surface area contributed by atoms with Gasteiger partial charge in [0.05, 0.1) is 7.11 Å². The van der Waals surface area contributed by atoms with Gasteiger partial charge in [0.15, 0.2) is 0 Å². The standard InChI is InChI=1S/C10H13BrO/c1-4-9-7(2)5-8(11)6-10(9)12-3/h5-6H,4H2,1-3H3. The highest BCUT2D eigenvalue weighted by Crippen LogP contribution is 2.27. The molecule has 1 rings (SSSR count). The molecule has 2 heteroatoms. The second-order valence-electron chi connectivity index (χ2n) is 2.76. The van der Waals surface area contributed by atoms with E-state index in [1.165, 1.54) is 11.1 Å². The minimum Gasteiger partial charge on any atom is -0.496 e. The topological polar surface area (TPSA) is 9.23 Å². The molecule has 66 valence electrons. The summed E-state index contributed by atoms with van der Waals surface area (Å²) in [7, 11) is 1.71. The zero-order valence-electron chi connectivity index (χ0n) is 7.65. The van der Waals surface area contributed by atoms with Crippen LogP contribution in [0.3, 0.4) is 0 Å². The third-order valence-electron chi connectivity index (χ3n) is 1.97. The smallest absolute Gasteiger partial charge is 0.123 e. The van der Waals surface area contributed by atoms with Crippen molar-refractivity contribution in [3.8, 4) is 5.75 Å². The van der Waals surface area contributed by atoms with Crippen LogP contribution in [-0.4, -0.2) is 7.11 Å². The molecule has 1 aromatic carbocycles. The van der Waals surface area contributed by atoms with Crippen LogP contribution in [-0.2, 0) is 6.42 Å². The Morgan fingerprint density at radius 2 is 2.08 bits per heavy atom. The predicted octanol–water partition coefficient (Wildman–Crippen LogP) is 3.33. The van der Waals surface area contributed by atoms with Crippen molar-refractivity contribution in [1.82, 2.24) is 0 Å². The molecule has 0 aliphatic rings. The number of hydrogen-bond donors (Lipinski definition) is 0. The minimum absolute atomic E-state index is 0.976. The van der Waals surface area contributed by atoms with Gasteiger partial charge in [-0.2, -0.15) is 0 Å². The molecule has 1 aromatic rings. The van der Waals surface area contributed by atoms with Crippen LogP contribution in [0.25, 0.3) is 0 Å². The number of benzene rings is 1. The highest BCUT2D eigenvalue weighted by atomic mass is 79.9. The number of methoxy groups -OCH3 is 1. The van der Waals surface area contributed by atoms with Gasteiger partial charge in [0, 0.05) is 4.47 Å². The van der Waals surface area contributed by atoms with Crippen LogP contribution in [0.4, 0.5) is 0 Å². The van der Waals surface area contributed by atoms with E-state index in [0.717, 1.165) is 16.6 Å². The second-order valence-corrected chi connectivity index (χ2v) is 3.67. The summed E-state index contributed by atoms with van der Waals surface area (Å²) < 4.78 is 6.35. The van der Waals surface area contributed by atoms with Crippen LogP contribution in [0, 0.1) is 6.92 Å². The van der Waals surface area contributed by atoms with Crippen molar-refractivity contribution < 1.29 is 4.74 Å².